The molecule has 0 radical (unpaired) electrons. The summed E-state index contributed by atoms with van der Waals surface area (Å²) in [5.74, 6) is 0.576. The minimum Gasteiger partial charge on any atom is -0.497 e. The number of hydrogen-bond acceptors (Lipinski definition) is 2. The van der Waals surface area contributed by atoms with Crippen LogP contribution in [0.4, 0.5) is 4.39 Å². The molecule has 1 atom stereocenters. The van der Waals surface area contributed by atoms with Gasteiger partial charge in [0, 0.05) is 12.0 Å². The van der Waals surface area contributed by atoms with Gasteiger partial charge in [-0.05, 0) is 30.7 Å². The highest BCUT2D eigenvalue weighted by Gasteiger charge is 2.14. The van der Waals surface area contributed by atoms with Crippen LogP contribution < -0.4 is 4.74 Å². The molecule has 21 heavy (non-hydrogen) atoms. The predicted octanol–water partition coefficient (Wildman–Crippen LogP) is 5.36. The van der Waals surface area contributed by atoms with Crippen molar-refractivity contribution in [2.24, 2.45) is 0 Å². The van der Waals surface area contributed by atoms with E-state index >= 15 is 0 Å². The SMILES string of the molecule is CCCCCCCCC(F)CC(=O)c1ccc(OC)cc1. The first-order chi connectivity index (χ1) is 10.2. The summed E-state index contributed by atoms with van der Waals surface area (Å²) in [5, 5.41) is 0. The van der Waals surface area contributed by atoms with Crippen LogP contribution >= 0.6 is 0 Å². The zero-order chi connectivity index (χ0) is 15.5. The van der Waals surface area contributed by atoms with Crippen LogP contribution in [0.1, 0.15) is 68.6 Å². The summed E-state index contributed by atoms with van der Waals surface area (Å²) in [5.41, 5.74) is 0.557. The number of carbonyl (C=O) groups is 1. The van der Waals surface area contributed by atoms with Crippen molar-refractivity contribution in [2.45, 2.75) is 64.5 Å². The quantitative estimate of drug-likeness (QED) is 0.406. The van der Waals surface area contributed by atoms with Crippen molar-refractivity contribution >= 4 is 5.78 Å². The van der Waals surface area contributed by atoms with Gasteiger partial charge < -0.3 is 4.74 Å². The summed E-state index contributed by atoms with van der Waals surface area (Å²) in [6, 6.07) is 6.85. The number of ketones is 1. The Morgan fingerprint density at radius 1 is 1.10 bits per heavy atom. The fraction of sp³-hybridized carbons (Fsp3) is 0.611. The molecule has 0 N–H and O–H groups in total. The Hall–Kier alpha value is -1.38. The van der Waals surface area contributed by atoms with Crippen molar-refractivity contribution in [2.75, 3.05) is 7.11 Å². The zero-order valence-electron chi connectivity index (χ0n) is 13.2. The molecule has 0 saturated heterocycles. The van der Waals surface area contributed by atoms with Crippen LogP contribution in [0.2, 0.25) is 0 Å². The molecule has 0 spiro atoms. The Morgan fingerprint density at radius 3 is 2.33 bits per heavy atom. The average molecular weight is 294 g/mol. The van der Waals surface area contributed by atoms with Gasteiger partial charge in [-0.15, -0.1) is 0 Å². The van der Waals surface area contributed by atoms with Crippen molar-refractivity contribution in [1.29, 1.82) is 0 Å². The molecule has 1 unspecified atom stereocenters. The standard InChI is InChI=1S/C18H27FO2/c1-3-4-5-6-7-8-9-16(19)14-18(20)15-10-12-17(21-2)13-11-15/h10-13,16H,3-9,14H2,1-2H3. The summed E-state index contributed by atoms with van der Waals surface area (Å²) >= 11 is 0. The van der Waals surface area contributed by atoms with Crippen LogP contribution in [0, 0.1) is 0 Å². The highest BCUT2D eigenvalue weighted by Crippen LogP contribution is 2.17. The lowest BCUT2D eigenvalue weighted by Crippen LogP contribution is -2.09. The summed E-state index contributed by atoms with van der Waals surface area (Å²) < 4.78 is 18.9. The fourth-order valence-electron chi connectivity index (χ4n) is 2.34. The molecule has 0 aromatic heterocycles. The number of ether oxygens (including phenoxy) is 1. The predicted molar refractivity (Wildman–Crippen MR) is 84.8 cm³/mol. The zero-order valence-corrected chi connectivity index (χ0v) is 13.2. The van der Waals surface area contributed by atoms with E-state index in [4.69, 9.17) is 4.74 Å². The Kier molecular flexibility index (Phi) is 8.72. The summed E-state index contributed by atoms with van der Waals surface area (Å²) in [6.07, 6.45) is 6.29. The van der Waals surface area contributed by atoms with Gasteiger partial charge in [0.25, 0.3) is 0 Å². The van der Waals surface area contributed by atoms with E-state index in [0.29, 0.717) is 17.7 Å². The molecule has 0 aliphatic heterocycles. The van der Waals surface area contributed by atoms with Crippen LogP contribution in [-0.4, -0.2) is 19.1 Å². The lowest BCUT2D eigenvalue weighted by atomic mass is 10.0. The minimum absolute atomic E-state index is 0.0126. The Balaban J connectivity index is 2.23. The lowest BCUT2D eigenvalue weighted by molar-refractivity contribution is 0.0942. The van der Waals surface area contributed by atoms with Gasteiger partial charge in [-0.1, -0.05) is 45.4 Å². The Labute approximate surface area is 127 Å². The molecule has 0 heterocycles. The van der Waals surface area contributed by atoms with E-state index in [-0.39, 0.29) is 12.2 Å². The van der Waals surface area contributed by atoms with Crippen LogP contribution in [-0.2, 0) is 0 Å². The molecular weight excluding hydrogens is 267 g/mol. The molecule has 118 valence electrons. The number of hydrogen-bond donors (Lipinski definition) is 0. The normalized spacial score (nSPS) is 12.1. The van der Waals surface area contributed by atoms with Crippen LogP contribution in [0.3, 0.4) is 0 Å². The minimum atomic E-state index is -1.02. The molecule has 1 aromatic carbocycles. The smallest absolute Gasteiger partial charge is 0.165 e. The third-order valence-corrected chi connectivity index (χ3v) is 3.69. The van der Waals surface area contributed by atoms with E-state index in [2.05, 4.69) is 6.92 Å². The van der Waals surface area contributed by atoms with Crippen molar-refractivity contribution < 1.29 is 13.9 Å². The molecule has 0 aliphatic rings. The number of benzene rings is 1. The topological polar surface area (TPSA) is 26.3 Å². The van der Waals surface area contributed by atoms with Gasteiger partial charge in [-0.3, -0.25) is 4.79 Å². The fourth-order valence-corrected chi connectivity index (χ4v) is 2.34. The van der Waals surface area contributed by atoms with E-state index in [1.807, 2.05) is 0 Å². The van der Waals surface area contributed by atoms with Crippen molar-refractivity contribution in [3.05, 3.63) is 29.8 Å². The van der Waals surface area contributed by atoms with E-state index < -0.39 is 6.17 Å². The molecule has 3 heteroatoms. The van der Waals surface area contributed by atoms with Crippen LogP contribution in [0.5, 0.6) is 5.75 Å². The Morgan fingerprint density at radius 2 is 1.71 bits per heavy atom. The van der Waals surface area contributed by atoms with E-state index in [1.165, 1.54) is 25.7 Å². The third-order valence-electron chi connectivity index (χ3n) is 3.69. The maximum atomic E-state index is 13.8. The summed E-state index contributed by atoms with van der Waals surface area (Å²) in [4.78, 5) is 11.9. The third kappa shape index (κ3) is 7.26. The summed E-state index contributed by atoms with van der Waals surface area (Å²) in [7, 11) is 1.58. The average Bonchev–Trinajstić information content (AvgIpc) is 2.50. The molecule has 0 bridgehead atoms. The monoisotopic (exact) mass is 294 g/mol. The first kappa shape index (κ1) is 17.7. The molecule has 0 amide bonds. The number of alkyl halides is 1. The van der Waals surface area contributed by atoms with Gasteiger partial charge >= 0.3 is 0 Å². The van der Waals surface area contributed by atoms with Crippen LogP contribution in [0.15, 0.2) is 24.3 Å². The lowest BCUT2D eigenvalue weighted by Gasteiger charge is -2.08. The second-order valence-electron chi connectivity index (χ2n) is 5.51. The molecule has 0 fully saturated rings. The molecule has 1 rings (SSSR count). The molecule has 2 nitrogen and oxygen atoms in total. The van der Waals surface area contributed by atoms with Crippen molar-refractivity contribution in [1.82, 2.24) is 0 Å². The van der Waals surface area contributed by atoms with Gasteiger partial charge in [-0.25, -0.2) is 4.39 Å². The van der Waals surface area contributed by atoms with E-state index in [1.54, 1.807) is 31.4 Å². The number of rotatable bonds is 11. The molecular formula is C18H27FO2. The molecule has 1 aromatic rings. The highest BCUT2D eigenvalue weighted by molar-refractivity contribution is 5.96. The summed E-state index contributed by atoms with van der Waals surface area (Å²) in [6.45, 7) is 2.18. The first-order valence-corrected chi connectivity index (χ1v) is 7.98. The first-order valence-electron chi connectivity index (χ1n) is 7.98. The maximum Gasteiger partial charge on any atom is 0.165 e. The number of carbonyl (C=O) groups excluding carboxylic acids is 1. The van der Waals surface area contributed by atoms with Gasteiger partial charge in [0.2, 0.25) is 0 Å². The van der Waals surface area contributed by atoms with Crippen LogP contribution in [0.25, 0.3) is 0 Å². The number of Topliss-reactive ketones (excluding diaryl/α,β-unsaturated/α-hetero) is 1. The van der Waals surface area contributed by atoms with E-state index in [0.717, 1.165) is 12.8 Å². The second-order valence-corrected chi connectivity index (χ2v) is 5.51. The molecule has 0 aliphatic carbocycles. The number of methoxy groups -OCH3 is 1. The van der Waals surface area contributed by atoms with Gasteiger partial charge in [0.15, 0.2) is 5.78 Å². The van der Waals surface area contributed by atoms with Gasteiger partial charge in [0.1, 0.15) is 11.9 Å². The number of halogens is 1. The maximum absolute atomic E-state index is 13.8. The van der Waals surface area contributed by atoms with Crippen molar-refractivity contribution in [3.8, 4) is 5.75 Å². The largest absolute Gasteiger partial charge is 0.497 e. The molecule has 0 saturated carbocycles. The number of unbranched alkanes of at least 4 members (excludes halogenated alkanes) is 5. The van der Waals surface area contributed by atoms with Crippen molar-refractivity contribution in [3.63, 3.8) is 0 Å². The van der Waals surface area contributed by atoms with E-state index in [9.17, 15) is 9.18 Å². The highest BCUT2D eigenvalue weighted by atomic mass is 19.1. The Bertz CT molecular complexity index is 400. The second kappa shape index (κ2) is 10.4. The van der Waals surface area contributed by atoms with Gasteiger partial charge in [-0.2, -0.15) is 0 Å². The van der Waals surface area contributed by atoms with Gasteiger partial charge in [0.05, 0.1) is 7.11 Å².